The van der Waals surface area contributed by atoms with Crippen LogP contribution in [0, 0.1) is 5.82 Å². The second kappa shape index (κ2) is 6.81. The third-order valence-electron chi connectivity index (χ3n) is 2.40. The molecule has 1 unspecified atom stereocenters. The van der Waals surface area contributed by atoms with E-state index in [4.69, 9.17) is 18.0 Å². The molecular weight excluding hydrogens is 255 g/mol. The zero-order chi connectivity index (χ0) is 12.8. The van der Waals surface area contributed by atoms with Crippen molar-refractivity contribution >= 4 is 34.7 Å². The van der Waals surface area contributed by atoms with E-state index in [-0.39, 0.29) is 10.8 Å². The van der Waals surface area contributed by atoms with Crippen molar-refractivity contribution in [3.05, 3.63) is 29.6 Å². The van der Waals surface area contributed by atoms with Crippen molar-refractivity contribution in [2.24, 2.45) is 5.73 Å². The summed E-state index contributed by atoms with van der Waals surface area (Å²) in [6.45, 7) is 2.08. The number of hydrogen-bond acceptors (Lipinski definition) is 3. The van der Waals surface area contributed by atoms with Crippen molar-refractivity contribution in [3.8, 4) is 0 Å². The fourth-order valence-corrected chi connectivity index (χ4v) is 2.21. The molecule has 3 N–H and O–H groups in total. The normalized spacial score (nSPS) is 12.2. The first kappa shape index (κ1) is 14.3. The van der Waals surface area contributed by atoms with Gasteiger partial charge in [0, 0.05) is 17.3 Å². The molecule has 1 rings (SSSR count). The largest absolute Gasteiger partial charge is 0.389 e. The lowest BCUT2D eigenvalue weighted by Crippen LogP contribution is -2.17. The minimum Gasteiger partial charge on any atom is -0.389 e. The van der Waals surface area contributed by atoms with Gasteiger partial charge in [0.25, 0.3) is 0 Å². The molecule has 0 heterocycles. The minimum atomic E-state index is -0.375. The summed E-state index contributed by atoms with van der Waals surface area (Å²) in [7, 11) is 0. The fourth-order valence-electron chi connectivity index (χ4n) is 1.46. The average molecular weight is 272 g/mol. The topological polar surface area (TPSA) is 38.0 Å². The summed E-state index contributed by atoms with van der Waals surface area (Å²) in [6.07, 6.45) is 3.11. The summed E-state index contributed by atoms with van der Waals surface area (Å²) in [5.41, 5.74) is 6.45. The Morgan fingerprint density at radius 1 is 1.59 bits per heavy atom. The number of rotatable bonds is 6. The van der Waals surface area contributed by atoms with Gasteiger partial charge in [0.2, 0.25) is 0 Å². The van der Waals surface area contributed by atoms with Crippen LogP contribution in [0.5, 0.6) is 0 Å². The molecular formula is C12H17FN2S2. The van der Waals surface area contributed by atoms with Crippen molar-refractivity contribution < 1.29 is 4.39 Å². The first-order valence-corrected chi connectivity index (χ1v) is 7.19. The van der Waals surface area contributed by atoms with Crippen LogP contribution in [0.25, 0.3) is 0 Å². The Morgan fingerprint density at radius 2 is 2.29 bits per heavy atom. The van der Waals surface area contributed by atoms with E-state index in [1.165, 1.54) is 6.07 Å². The third-order valence-corrected chi connectivity index (χ3v) is 3.27. The van der Waals surface area contributed by atoms with Crippen LogP contribution < -0.4 is 11.1 Å². The molecule has 5 heteroatoms. The van der Waals surface area contributed by atoms with E-state index in [0.29, 0.717) is 11.6 Å². The minimum absolute atomic E-state index is 0.0875. The van der Waals surface area contributed by atoms with Crippen LogP contribution >= 0.6 is 24.0 Å². The maximum absolute atomic E-state index is 13.6. The Labute approximate surface area is 111 Å². The fraction of sp³-hybridized carbons (Fsp3) is 0.417. The average Bonchev–Trinajstić information content (AvgIpc) is 2.26. The molecule has 1 atom stereocenters. The van der Waals surface area contributed by atoms with E-state index in [0.717, 1.165) is 17.9 Å². The lowest BCUT2D eigenvalue weighted by Gasteiger charge is -2.15. The molecule has 0 aliphatic heterocycles. The van der Waals surface area contributed by atoms with E-state index >= 15 is 0 Å². The molecule has 1 aromatic carbocycles. The molecule has 0 bridgehead atoms. The van der Waals surface area contributed by atoms with E-state index in [1.54, 1.807) is 23.9 Å². The maximum atomic E-state index is 13.6. The smallest absolute Gasteiger partial charge is 0.135 e. The Hall–Kier alpha value is -0.810. The molecule has 0 fully saturated rings. The predicted molar refractivity (Wildman–Crippen MR) is 78.4 cm³/mol. The zero-order valence-electron chi connectivity index (χ0n) is 10.00. The van der Waals surface area contributed by atoms with E-state index in [9.17, 15) is 4.39 Å². The number of hydrogen-bond donors (Lipinski definition) is 2. The number of anilines is 1. The van der Waals surface area contributed by atoms with Crippen LogP contribution in [0.1, 0.15) is 18.9 Å². The van der Waals surface area contributed by atoms with E-state index in [2.05, 4.69) is 18.5 Å². The van der Waals surface area contributed by atoms with E-state index < -0.39 is 0 Å². The highest BCUT2D eigenvalue weighted by molar-refractivity contribution is 7.98. The summed E-state index contributed by atoms with van der Waals surface area (Å²) in [6, 6.07) is 5.16. The van der Waals surface area contributed by atoms with Crippen LogP contribution in [0.4, 0.5) is 10.1 Å². The molecule has 1 aromatic rings. The van der Waals surface area contributed by atoms with Crippen molar-refractivity contribution in [3.63, 3.8) is 0 Å². The number of benzene rings is 1. The summed E-state index contributed by atoms with van der Waals surface area (Å²) in [4.78, 5) is 0.0875. The van der Waals surface area contributed by atoms with Crippen molar-refractivity contribution in [1.29, 1.82) is 0 Å². The standard InChI is InChI=1S/C12H17FN2S2/c1-8(5-6-17-2)15-9-3-4-10(12(14)16)11(13)7-9/h3-4,7-8,15H,5-6H2,1-2H3,(H2,14,16). The van der Waals surface area contributed by atoms with Gasteiger partial charge in [-0.15, -0.1) is 0 Å². The van der Waals surface area contributed by atoms with Crippen molar-refractivity contribution in [2.75, 3.05) is 17.3 Å². The highest BCUT2D eigenvalue weighted by Crippen LogP contribution is 2.16. The maximum Gasteiger partial charge on any atom is 0.135 e. The summed E-state index contributed by atoms with van der Waals surface area (Å²) in [5, 5.41) is 3.25. The van der Waals surface area contributed by atoms with Crippen LogP contribution in [0.3, 0.4) is 0 Å². The van der Waals surface area contributed by atoms with Gasteiger partial charge in [-0.2, -0.15) is 11.8 Å². The number of nitrogens with one attached hydrogen (secondary N) is 1. The van der Waals surface area contributed by atoms with Crippen LogP contribution in [0.15, 0.2) is 18.2 Å². The van der Waals surface area contributed by atoms with Gasteiger partial charge in [-0.25, -0.2) is 4.39 Å². The van der Waals surface area contributed by atoms with Gasteiger partial charge >= 0.3 is 0 Å². The third kappa shape index (κ3) is 4.52. The molecule has 0 aliphatic rings. The summed E-state index contributed by atoms with van der Waals surface area (Å²) >= 11 is 6.55. The summed E-state index contributed by atoms with van der Waals surface area (Å²) < 4.78 is 13.6. The molecule has 0 aromatic heterocycles. The van der Waals surface area contributed by atoms with Crippen LogP contribution in [-0.4, -0.2) is 23.0 Å². The Morgan fingerprint density at radius 3 is 2.82 bits per heavy atom. The van der Waals surface area contributed by atoms with E-state index in [1.807, 2.05) is 0 Å². The molecule has 94 valence electrons. The first-order valence-electron chi connectivity index (χ1n) is 5.39. The summed E-state index contributed by atoms with van der Waals surface area (Å²) in [5.74, 6) is 0.710. The molecule has 0 saturated carbocycles. The second-order valence-corrected chi connectivity index (χ2v) is 5.31. The number of halogens is 1. The quantitative estimate of drug-likeness (QED) is 0.781. The Kier molecular flexibility index (Phi) is 5.71. The van der Waals surface area contributed by atoms with Crippen LogP contribution in [-0.2, 0) is 0 Å². The zero-order valence-corrected chi connectivity index (χ0v) is 11.6. The van der Waals surface area contributed by atoms with Gasteiger partial charge in [0.05, 0.1) is 0 Å². The molecule has 17 heavy (non-hydrogen) atoms. The Balaban J connectivity index is 2.67. The molecule has 0 saturated heterocycles. The van der Waals surface area contributed by atoms with Crippen LogP contribution in [0.2, 0.25) is 0 Å². The van der Waals surface area contributed by atoms with Gasteiger partial charge in [-0.3, -0.25) is 0 Å². The number of nitrogens with two attached hydrogens (primary N) is 1. The lowest BCUT2D eigenvalue weighted by molar-refractivity contribution is 0.625. The highest BCUT2D eigenvalue weighted by Gasteiger charge is 2.07. The molecule has 0 amide bonds. The van der Waals surface area contributed by atoms with Gasteiger partial charge in [0.15, 0.2) is 0 Å². The lowest BCUT2D eigenvalue weighted by atomic mass is 10.1. The monoisotopic (exact) mass is 272 g/mol. The SMILES string of the molecule is CSCCC(C)Nc1ccc(C(N)=S)c(F)c1. The first-order chi connectivity index (χ1) is 8.04. The predicted octanol–water partition coefficient (Wildman–Crippen LogP) is 3.01. The molecule has 0 radical (unpaired) electrons. The van der Waals surface area contributed by atoms with Gasteiger partial charge in [-0.05, 0) is 43.6 Å². The molecule has 2 nitrogen and oxygen atoms in total. The second-order valence-electron chi connectivity index (χ2n) is 3.89. The molecule has 0 spiro atoms. The number of thiocarbonyl (C=S) groups is 1. The van der Waals surface area contributed by atoms with Gasteiger partial charge in [-0.1, -0.05) is 12.2 Å². The molecule has 0 aliphatic carbocycles. The van der Waals surface area contributed by atoms with Crippen molar-refractivity contribution in [1.82, 2.24) is 0 Å². The van der Waals surface area contributed by atoms with Gasteiger partial charge in [0.1, 0.15) is 10.8 Å². The number of thioether (sulfide) groups is 1. The van der Waals surface area contributed by atoms with Gasteiger partial charge < -0.3 is 11.1 Å². The highest BCUT2D eigenvalue weighted by atomic mass is 32.2. The Bertz CT molecular complexity index is 396. The van der Waals surface area contributed by atoms with Crippen molar-refractivity contribution in [2.45, 2.75) is 19.4 Å².